The molecule has 0 aliphatic carbocycles. The van der Waals surface area contributed by atoms with Gasteiger partial charge in [-0.25, -0.2) is 5.01 Å². The van der Waals surface area contributed by atoms with Crippen molar-refractivity contribution in [2.45, 2.75) is 18.7 Å². The monoisotopic (exact) mass is 502 g/mol. The van der Waals surface area contributed by atoms with Gasteiger partial charge in [0.2, 0.25) is 6.23 Å². The Kier molecular flexibility index (Phi) is 5.13. The number of rotatable bonds is 3. The molecule has 2 aliphatic heterocycles. The zero-order valence-electron chi connectivity index (χ0n) is 16.0. The van der Waals surface area contributed by atoms with Gasteiger partial charge in [0.25, 0.3) is 0 Å². The van der Waals surface area contributed by atoms with Gasteiger partial charge in [0.05, 0.1) is 24.4 Å². The summed E-state index contributed by atoms with van der Waals surface area (Å²) in [5, 5.41) is 8.35. The number of hydrogen-bond donors (Lipinski definition) is 0. The fraction of sp³-hybridized carbons (Fsp3) is 0.174. The summed E-state index contributed by atoms with van der Waals surface area (Å²) in [6.45, 7) is 0. The molecular weight excluding hydrogens is 487 g/mol. The normalized spacial score (nSPS) is 19.6. The van der Waals surface area contributed by atoms with Crippen molar-refractivity contribution >= 4 is 44.8 Å². The van der Waals surface area contributed by atoms with Crippen LogP contribution in [-0.2, 0) is 0 Å². The van der Waals surface area contributed by atoms with E-state index in [-0.39, 0.29) is 6.04 Å². The number of ether oxygens (including phenoxy) is 2. The van der Waals surface area contributed by atoms with Crippen LogP contribution in [0.3, 0.4) is 0 Å². The summed E-state index contributed by atoms with van der Waals surface area (Å²) in [6, 6.07) is 19.4. The predicted octanol–water partition coefficient (Wildman–Crippen LogP) is 7.01. The molecule has 0 amide bonds. The SMILES string of the molecule is COc1ccc(Br)cc1[C@@H]1Oc2ccc(Cl)cc2[C@@H]2CC(c3ccc(Cl)cc3)=NN21. The van der Waals surface area contributed by atoms with Gasteiger partial charge in [-0.05, 0) is 54.1 Å². The highest BCUT2D eigenvalue weighted by atomic mass is 79.9. The first kappa shape index (κ1) is 19.7. The topological polar surface area (TPSA) is 34.1 Å². The van der Waals surface area contributed by atoms with Crippen LogP contribution in [0, 0.1) is 0 Å². The third-order valence-electron chi connectivity index (χ3n) is 5.39. The lowest BCUT2D eigenvalue weighted by Gasteiger charge is -2.38. The van der Waals surface area contributed by atoms with Gasteiger partial charge in [-0.2, -0.15) is 5.10 Å². The molecule has 0 aromatic heterocycles. The largest absolute Gasteiger partial charge is 0.496 e. The average Bonchev–Trinajstić information content (AvgIpc) is 3.19. The minimum atomic E-state index is -0.430. The number of hydrazone groups is 1. The molecule has 2 aliphatic rings. The molecule has 7 heteroatoms. The van der Waals surface area contributed by atoms with E-state index in [1.165, 1.54) is 0 Å². The van der Waals surface area contributed by atoms with Crippen molar-refractivity contribution < 1.29 is 9.47 Å². The minimum absolute atomic E-state index is 0.00631. The fourth-order valence-corrected chi connectivity index (χ4v) is 4.66. The zero-order chi connectivity index (χ0) is 20.8. The third kappa shape index (κ3) is 3.45. The Morgan fingerprint density at radius 2 is 1.77 bits per heavy atom. The van der Waals surface area contributed by atoms with Gasteiger partial charge >= 0.3 is 0 Å². The van der Waals surface area contributed by atoms with Crippen LogP contribution in [0.4, 0.5) is 0 Å². The van der Waals surface area contributed by atoms with Crippen molar-refractivity contribution in [2.24, 2.45) is 5.10 Å². The summed E-state index contributed by atoms with van der Waals surface area (Å²) < 4.78 is 13.0. The maximum absolute atomic E-state index is 6.43. The Balaban J connectivity index is 1.64. The minimum Gasteiger partial charge on any atom is -0.496 e. The molecule has 0 spiro atoms. The first-order valence-corrected chi connectivity index (χ1v) is 11.0. The first-order chi connectivity index (χ1) is 14.5. The molecule has 0 radical (unpaired) electrons. The molecule has 0 saturated heterocycles. The number of halogens is 3. The highest BCUT2D eigenvalue weighted by Gasteiger charge is 2.42. The van der Waals surface area contributed by atoms with Crippen LogP contribution < -0.4 is 9.47 Å². The van der Waals surface area contributed by atoms with Crippen LogP contribution in [0.25, 0.3) is 0 Å². The van der Waals surface area contributed by atoms with E-state index in [1.54, 1.807) is 7.11 Å². The van der Waals surface area contributed by atoms with Gasteiger partial charge in [0.1, 0.15) is 11.5 Å². The Labute approximate surface area is 193 Å². The molecule has 3 aromatic carbocycles. The second kappa shape index (κ2) is 7.80. The highest BCUT2D eigenvalue weighted by molar-refractivity contribution is 9.10. The predicted molar refractivity (Wildman–Crippen MR) is 123 cm³/mol. The molecule has 0 unspecified atom stereocenters. The second-order valence-electron chi connectivity index (χ2n) is 7.19. The van der Waals surface area contributed by atoms with Crippen molar-refractivity contribution in [2.75, 3.05) is 7.11 Å². The van der Waals surface area contributed by atoms with E-state index in [1.807, 2.05) is 65.7 Å². The van der Waals surface area contributed by atoms with E-state index < -0.39 is 6.23 Å². The summed E-state index contributed by atoms with van der Waals surface area (Å²) >= 11 is 15.9. The molecule has 152 valence electrons. The summed E-state index contributed by atoms with van der Waals surface area (Å²) in [5.74, 6) is 1.55. The number of hydrogen-bond acceptors (Lipinski definition) is 4. The number of methoxy groups -OCH3 is 1. The summed E-state index contributed by atoms with van der Waals surface area (Å²) in [4.78, 5) is 0. The molecular formula is C23H17BrCl2N2O2. The van der Waals surface area contributed by atoms with Crippen LogP contribution in [-0.4, -0.2) is 17.8 Å². The molecule has 0 N–H and O–H groups in total. The lowest BCUT2D eigenvalue weighted by molar-refractivity contribution is -0.0203. The van der Waals surface area contributed by atoms with E-state index >= 15 is 0 Å². The number of nitrogens with zero attached hydrogens (tertiary/aromatic N) is 2. The third-order valence-corrected chi connectivity index (χ3v) is 6.37. The van der Waals surface area contributed by atoms with E-state index in [0.29, 0.717) is 10.0 Å². The van der Waals surface area contributed by atoms with Crippen molar-refractivity contribution in [1.82, 2.24) is 5.01 Å². The van der Waals surface area contributed by atoms with Crippen LogP contribution in [0.5, 0.6) is 11.5 Å². The van der Waals surface area contributed by atoms with E-state index in [2.05, 4.69) is 15.9 Å². The average molecular weight is 504 g/mol. The van der Waals surface area contributed by atoms with Gasteiger partial charge in [-0.15, -0.1) is 0 Å². The van der Waals surface area contributed by atoms with E-state index in [0.717, 1.165) is 44.8 Å². The van der Waals surface area contributed by atoms with E-state index in [9.17, 15) is 0 Å². The Hall–Kier alpha value is -2.21. The smallest absolute Gasteiger partial charge is 0.217 e. The van der Waals surface area contributed by atoms with Crippen LogP contribution in [0.15, 0.2) is 70.2 Å². The Bertz CT molecular complexity index is 1150. The van der Waals surface area contributed by atoms with Gasteiger partial charge in [0.15, 0.2) is 0 Å². The van der Waals surface area contributed by atoms with Crippen LogP contribution in [0.2, 0.25) is 10.0 Å². The molecule has 2 heterocycles. The van der Waals surface area contributed by atoms with Crippen molar-refractivity contribution in [3.05, 3.63) is 91.9 Å². The van der Waals surface area contributed by atoms with Crippen molar-refractivity contribution in [3.8, 4) is 11.5 Å². The fourth-order valence-electron chi connectivity index (χ4n) is 3.98. The number of benzene rings is 3. The Morgan fingerprint density at radius 3 is 2.53 bits per heavy atom. The van der Waals surface area contributed by atoms with Gasteiger partial charge in [0, 0.05) is 26.5 Å². The molecule has 30 heavy (non-hydrogen) atoms. The Morgan fingerprint density at radius 1 is 1.00 bits per heavy atom. The molecule has 0 fully saturated rings. The lowest BCUT2D eigenvalue weighted by Crippen LogP contribution is -2.34. The quantitative estimate of drug-likeness (QED) is 0.385. The first-order valence-electron chi connectivity index (χ1n) is 9.45. The lowest BCUT2D eigenvalue weighted by atomic mass is 9.96. The van der Waals surface area contributed by atoms with Crippen molar-refractivity contribution in [3.63, 3.8) is 0 Å². The maximum atomic E-state index is 6.43. The molecule has 0 bridgehead atoms. The summed E-state index contributed by atoms with van der Waals surface area (Å²) in [7, 11) is 1.66. The summed E-state index contributed by atoms with van der Waals surface area (Å²) in [6.07, 6.45) is 0.312. The highest BCUT2D eigenvalue weighted by Crippen LogP contribution is 2.49. The molecule has 4 nitrogen and oxygen atoms in total. The van der Waals surface area contributed by atoms with Crippen LogP contribution in [0.1, 0.15) is 35.4 Å². The standard InChI is InChI=1S/C23H17BrCl2N2O2/c1-29-21-8-4-14(24)10-18(21)23-28-20(17-11-16(26)7-9-22(17)30-23)12-19(27-28)13-2-5-15(25)6-3-13/h2-11,20,23H,12H2,1H3/t20-,23-/m0/s1. The molecule has 5 rings (SSSR count). The molecule has 0 saturated carbocycles. The maximum Gasteiger partial charge on any atom is 0.217 e. The second-order valence-corrected chi connectivity index (χ2v) is 8.98. The zero-order valence-corrected chi connectivity index (χ0v) is 19.1. The van der Waals surface area contributed by atoms with Gasteiger partial charge < -0.3 is 9.47 Å². The van der Waals surface area contributed by atoms with Gasteiger partial charge in [-0.1, -0.05) is 51.3 Å². The van der Waals surface area contributed by atoms with Crippen molar-refractivity contribution in [1.29, 1.82) is 0 Å². The number of fused-ring (bicyclic) bond motifs is 3. The van der Waals surface area contributed by atoms with Gasteiger partial charge in [-0.3, -0.25) is 0 Å². The molecule has 2 atom stereocenters. The van der Waals surface area contributed by atoms with E-state index in [4.69, 9.17) is 37.8 Å². The summed E-state index contributed by atoms with van der Waals surface area (Å²) in [5.41, 5.74) is 3.95. The molecule has 3 aromatic rings. The van der Waals surface area contributed by atoms with Crippen LogP contribution >= 0.6 is 39.1 Å².